The molecule has 0 aliphatic carbocycles. The Balaban J connectivity index is 2.38. The van der Waals surface area contributed by atoms with Crippen LogP contribution in [-0.4, -0.2) is 29.5 Å². The number of carbonyl (C=O) groups is 2. The Morgan fingerprint density at radius 2 is 1.67 bits per heavy atom. The summed E-state index contributed by atoms with van der Waals surface area (Å²) in [5.74, 6) is -0.375. The predicted octanol–water partition coefficient (Wildman–Crippen LogP) is 4.55. The molecule has 0 spiro atoms. The third-order valence-electron chi connectivity index (χ3n) is 3.98. The number of ether oxygens (including phenoxy) is 1. The molecular formula is C21H25ClN2O3. The van der Waals surface area contributed by atoms with Gasteiger partial charge in [0, 0.05) is 5.56 Å². The van der Waals surface area contributed by atoms with E-state index in [0.29, 0.717) is 11.3 Å². The minimum Gasteiger partial charge on any atom is -0.495 e. The number of nitrogens with one attached hydrogen (secondary N) is 1. The van der Waals surface area contributed by atoms with Crippen LogP contribution in [0, 0.1) is 13.8 Å². The van der Waals surface area contributed by atoms with Crippen LogP contribution in [0.25, 0.3) is 0 Å². The Bertz CT molecular complexity index is 852. The first kappa shape index (κ1) is 20.8. The molecule has 5 nitrogen and oxygen atoms in total. The number of benzene rings is 2. The number of rotatable bonds is 3. The van der Waals surface area contributed by atoms with Crippen molar-refractivity contribution in [2.24, 2.45) is 0 Å². The van der Waals surface area contributed by atoms with Crippen molar-refractivity contribution in [3.8, 4) is 5.75 Å². The van der Waals surface area contributed by atoms with Crippen molar-refractivity contribution >= 4 is 23.4 Å². The van der Waals surface area contributed by atoms with E-state index in [0.717, 1.165) is 11.1 Å². The molecule has 0 aliphatic rings. The summed E-state index contributed by atoms with van der Waals surface area (Å²) in [5.41, 5.74) is 4.77. The number of methoxy groups -OCH3 is 1. The van der Waals surface area contributed by atoms with Gasteiger partial charge in [-0.2, -0.15) is 0 Å². The van der Waals surface area contributed by atoms with Crippen molar-refractivity contribution < 1.29 is 14.3 Å². The highest BCUT2D eigenvalue weighted by Crippen LogP contribution is 2.28. The SMILES string of the molecule is COc1cccc(C(=O)NN(C(=O)c2cc(C)cc(C)c2)C(C)(C)C)c1Cl. The molecule has 2 amide bonds. The minimum atomic E-state index is -0.643. The van der Waals surface area contributed by atoms with Crippen LogP contribution in [-0.2, 0) is 0 Å². The molecular weight excluding hydrogens is 364 g/mol. The summed E-state index contributed by atoms with van der Waals surface area (Å²) in [5, 5.41) is 1.53. The van der Waals surface area contributed by atoms with Gasteiger partial charge in [0.15, 0.2) is 0 Å². The second-order valence-electron chi connectivity index (χ2n) is 7.45. The normalized spacial score (nSPS) is 11.1. The van der Waals surface area contributed by atoms with E-state index in [4.69, 9.17) is 16.3 Å². The summed E-state index contributed by atoms with van der Waals surface area (Å²) in [6.45, 7) is 9.41. The zero-order valence-corrected chi connectivity index (χ0v) is 17.3. The Labute approximate surface area is 165 Å². The van der Waals surface area contributed by atoms with Gasteiger partial charge in [-0.15, -0.1) is 0 Å². The van der Waals surface area contributed by atoms with Crippen molar-refractivity contribution in [3.05, 3.63) is 63.7 Å². The summed E-state index contributed by atoms with van der Waals surface area (Å²) in [7, 11) is 1.48. The maximum absolute atomic E-state index is 13.1. The second kappa shape index (κ2) is 8.01. The molecule has 0 atom stereocenters. The van der Waals surface area contributed by atoms with Crippen molar-refractivity contribution in [1.29, 1.82) is 0 Å². The van der Waals surface area contributed by atoms with E-state index in [1.807, 2.05) is 40.7 Å². The highest BCUT2D eigenvalue weighted by atomic mass is 35.5. The molecule has 0 radical (unpaired) electrons. The van der Waals surface area contributed by atoms with Crippen LogP contribution in [0.15, 0.2) is 36.4 Å². The largest absolute Gasteiger partial charge is 0.495 e. The van der Waals surface area contributed by atoms with Crippen LogP contribution in [0.1, 0.15) is 52.6 Å². The monoisotopic (exact) mass is 388 g/mol. The van der Waals surface area contributed by atoms with Crippen molar-refractivity contribution in [1.82, 2.24) is 10.4 Å². The fourth-order valence-electron chi connectivity index (χ4n) is 2.76. The minimum absolute atomic E-state index is 0.199. The van der Waals surface area contributed by atoms with E-state index in [9.17, 15) is 9.59 Å². The van der Waals surface area contributed by atoms with Gasteiger partial charge < -0.3 is 4.74 Å². The number of nitrogens with zero attached hydrogens (tertiary/aromatic N) is 1. The lowest BCUT2D eigenvalue weighted by atomic mass is 10.0. The van der Waals surface area contributed by atoms with Crippen molar-refractivity contribution in [2.75, 3.05) is 7.11 Å². The molecule has 2 rings (SSSR count). The van der Waals surface area contributed by atoms with E-state index in [2.05, 4.69) is 5.43 Å². The van der Waals surface area contributed by atoms with Crippen LogP contribution in [0.2, 0.25) is 5.02 Å². The molecule has 2 aromatic rings. The summed E-state index contributed by atoms with van der Waals surface area (Å²) in [4.78, 5) is 25.9. The van der Waals surface area contributed by atoms with Gasteiger partial charge in [0.2, 0.25) is 0 Å². The van der Waals surface area contributed by atoms with Gasteiger partial charge in [-0.05, 0) is 58.9 Å². The topological polar surface area (TPSA) is 58.6 Å². The molecule has 0 aliphatic heterocycles. The first-order chi connectivity index (χ1) is 12.5. The lowest BCUT2D eigenvalue weighted by Crippen LogP contribution is -2.56. The molecule has 0 heterocycles. The highest BCUT2D eigenvalue weighted by Gasteiger charge is 2.30. The van der Waals surface area contributed by atoms with E-state index >= 15 is 0 Å². The molecule has 27 heavy (non-hydrogen) atoms. The van der Waals surface area contributed by atoms with Crippen LogP contribution in [0.4, 0.5) is 0 Å². The first-order valence-corrected chi connectivity index (χ1v) is 8.98. The maximum atomic E-state index is 13.1. The zero-order chi connectivity index (χ0) is 20.4. The summed E-state index contributed by atoms with van der Waals surface area (Å²) >= 11 is 6.25. The lowest BCUT2D eigenvalue weighted by molar-refractivity contribution is 0.0358. The third-order valence-corrected chi connectivity index (χ3v) is 4.37. The van der Waals surface area contributed by atoms with E-state index < -0.39 is 11.4 Å². The molecule has 0 unspecified atom stereocenters. The fraction of sp³-hybridized carbons (Fsp3) is 0.333. The third kappa shape index (κ3) is 4.80. The summed E-state index contributed by atoms with van der Waals surface area (Å²) < 4.78 is 5.16. The van der Waals surface area contributed by atoms with Gasteiger partial charge in [0.1, 0.15) is 5.75 Å². The van der Waals surface area contributed by atoms with Gasteiger partial charge in [0.05, 0.1) is 23.2 Å². The summed E-state index contributed by atoms with van der Waals surface area (Å²) in [6.07, 6.45) is 0. The van der Waals surface area contributed by atoms with E-state index in [-0.39, 0.29) is 16.5 Å². The van der Waals surface area contributed by atoms with E-state index in [1.54, 1.807) is 30.3 Å². The fourth-order valence-corrected chi connectivity index (χ4v) is 3.04. The molecule has 0 fully saturated rings. The number of hydrazine groups is 1. The molecule has 144 valence electrons. The lowest BCUT2D eigenvalue weighted by Gasteiger charge is -2.35. The molecule has 1 N–H and O–H groups in total. The summed E-state index contributed by atoms with van der Waals surface area (Å²) in [6, 6.07) is 10.5. The zero-order valence-electron chi connectivity index (χ0n) is 16.5. The van der Waals surface area contributed by atoms with Crippen LogP contribution >= 0.6 is 11.6 Å². The van der Waals surface area contributed by atoms with Crippen molar-refractivity contribution in [3.63, 3.8) is 0 Å². The number of aryl methyl sites for hydroxylation is 2. The average Bonchev–Trinajstić information content (AvgIpc) is 2.57. The number of hydrogen-bond acceptors (Lipinski definition) is 3. The van der Waals surface area contributed by atoms with Gasteiger partial charge in [-0.1, -0.05) is 34.9 Å². The van der Waals surface area contributed by atoms with E-state index in [1.165, 1.54) is 12.1 Å². The molecule has 2 aromatic carbocycles. The quantitative estimate of drug-likeness (QED) is 0.784. The Morgan fingerprint density at radius 1 is 1.07 bits per heavy atom. The van der Waals surface area contributed by atoms with Gasteiger partial charge >= 0.3 is 0 Å². The maximum Gasteiger partial charge on any atom is 0.272 e. The average molecular weight is 389 g/mol. The molecule has 0 aromatic heterocycles. The second-order valence-corrected chi connectivity index (χ2v) is 7.83. The smallest absolute Gasteiger partial charge is 0.272 e. The molecule has 6 heteroatoms. The van der Waals surface area contributed by atoms with Gasteiger partial charge in [-0.25, -0.2) is 5.01 Å². The Kier molecular flexibility index (Phi) is 6.16. The standard InChI is InChI=1S/C21H25ClN2O3/c1-13-10-14(2)12-15(11-13)20(26)24(21(3,4)5)23-19(25)16-8-7-9-17(27-6)18(16)22/h7-12H,1-6H3,(H,23,25). The molecule has 0 saturated heterocycles. The number of amides is 2. The molecule has 0 bridgehead atoms. The first-order valence-electron chi connectivity index (χ1n) is 8.61. The molecule has 0 saturated carbocycles. The number of hydrogen-bond donors (Lipinski definition) is 1. The van der Waals surface area contributed by atoms with Gasteiger partial charge in [0.25, 0.3) is 11.8 Å². The van der Waals surface area contributed by atoms with Crippen LogP contribution in [0.5, 0.6) is 5.75 Å². The number of halogens is 1. The Hall–Kier alpha value is -2.53. The number of carbonyl (C=O) groups excluding carboxylic acids is 2. The van der Waals surface area contributed by atoms with Crippen molar-refractivity contribution in [2.45, 2.75) is 40.2 Å². The van der Waals surface area contributed by atoms with Crippen LogP contribution in [0.3, 0.4) is 0 Å². The Morgan fingerprint density at radius 3 is 2.19 bits per heavy atom. The predicted molar refractivity (Wildman–Crippen MR) is 107 cm³/mol. The van der Waals surface area contributed by atoms with Gasteiger partial charge in [-0.3, -0.25) is 15.0 Å². The van der Waals surface area contributed by atoms with Crippen LogP contribution < -0.4 is 10.2 Å². The highest BCUT2D eigenvalue weighted by molar-refractivity contribution is 6.35.